The average Bonchev–Trinajstić information content (AvgIpc) is 3.36. The summed E-state index contributed by atoms with van der Waals surface area (Å²) in [6.07, 6.45) is 8.82. The van der Waals surface area contributed by atoms with Crippen LogP contribution in [0, 0.1) is 29.6 Å². The first-order chi connectivity index (χ1) is 12.8. The molecule has 0 bridgehead atoms. The molecule has 3 saturated carbocycles. The summed E-state index contributed by atoms with van der Waals surface area (Å²) in [6, 6.07) is 1.36. The van der Waals surface area contributed by atoms with Crippen molar-refractivity contribution in [2.24, 2.45) is 29.6 Å². The van der Waals surface area contributed by atoms with Crippen molar-refractivity contribution in [3.63, 3.8) is 0 Å². The normalized spacial score (nSPS) is 58.3. The number of hydrogen-bond donors (Lipinski definition) is 1. The minimum Gasteiger partial charge on any atom is -0.349 e. The maximum absolute atomic E-state index is 6.53. The van der Waals surface area contributed by atoms with Crippen molar-refractivity contribution in [3.05, 3.63) is 0 Å². The van der Waals surface area contributed by atoms with Gasteiger partial charge in [-0.05, 0) is 56.3 Å². The molecule has 11 atom stereocenters. The van der Waals surface area contributed by atoms with Crippen molar-refractivity contribution in [3.8, 4) is 0 Å². The standard InChI is InChI=1S/C20H30ClNO4/c21-8-22-4-3-11-6-16-17(25-9-24-16)7-13(11)14-5-12-1-2-15-20(26-10-23-15)18(12)19(14)22/h11-20H,1-10H2/p+1. The van der Waals surface area contributed by atoms with E-state index >= 15 is 0 Å². The van der Waals surface area contributed by atoms with Gasteiger partial charge in [0.25, 0.3) is 0 Å². The fourth-order valence-corrected chi connectivity index (χ4v) is 8.09. The van der Waals surface area contributed by atoms with Gasteiger partial charge >= 0.3 is 0 Å². The van der Waals surface area contributed by atoms with E-state index in [0.717, 1.165) is 29.7 Å². The molecule has 5 nitrogen and oxygen atoms in total. The zero-order chi connectivity index (χ0) is 17.3. The Bertz CT molecular complexity index is 550. The van der Waals surface area contributed by atoms with Crippen LogP contribution in [0.2, 0.25) is 0 Å². The van der Waals surface area contributed by atoms with Gasteiger partial charge in [-0.2, -0.15) is 0 Å². The van der Waals surface area contributed by atoms with Crippen molar-refractivity contribution < 1.29 is 23.8 Å². The summed E-state index contributed by atoms with van der Waals surface area (Å²) >= 11 is 6.53. The Morgan fingerprint density at radius 3 is 2.46 bits per heavy atom. The van der Waals surface area contributed by atoms with Crippen LogP contribution in [0.4, 0.5) is 0 Å². The summed E-state index contributed by atoms with van der Waals surface area (Å²) < 4.78 is 23.9. The van der Waals surface area contributed by atoms with Gasteiger partial charge in [-0.25, -0.2) is 0 Å². The van der Waals surface area contributed by atoms with E-state index in [4.69, 9.17) is 30.5 Å². The van der Waals surface area contributed by atoms with E-state index in [9.17, 15) is 0 Å². The van der Waals surface area contributed by atoms with Gasteiger partial charge < -0.3 is 23.8 Å². The van der Waals surface area contributed by atoms with Crippen molar-refractivity contribution in [2.75, 3.05) is 26.1 Å². The van der Waals surface area contributed by atoms with Crippen molar-refractivity contribution in [2.45, 2.75) is 69.0 Å². The molecule has 3 aliphatic heterocycles. The molecular formula is C20H31ClNO4+. The van der Waals surface area contributed by atoms with Crippen LogP contribution in [0.5, 0.6) is 0 Å². The molecular weight excluding hydrogens is 354 g/mol. The quantitative estimate of drug-likeness (QED) is 0.548. The molecule has 26 heavy (non-hydrogen) atoms. The maximum atomic E-state index is 6.53. The zero-order valence-electron chi connectivity index (χ0n) is 15.4. The smallest absolute Gasteiger partial charge is 0.153 e. The minimum atomic E-state index is 0.306. The summed E-state index contributed by atoms with van der Waals surface area (Å²) in [7, 11) is 0. The number of halogens is 1. The number of fused-ring (bicyclic) bond motifs is 8. The van der Waals surface area contributed by atoms with Crippen LogP contribution >= 0.6 is 11.6 Å². The van der Waals surface area contributed by atoms with Gasteiger partial charge in [-0.3, -0.25) is 0 Å². The van der Waals surface area contributed by atoms with Crippen LogP contribution in [0.15, 0.2) is 0 Å². The lowest BCUT2D eigenvalue weighted by Crippen LogP contribution is -3.16. The second kappa shape index (κ2) is 6.57. The molecule has 6 rings (SSSR count). The molecule has 6 heteroatoms. The molecule has 1 N–H and O–H groups in total. The Balaban J connectivity index is 1.33. The third-order valence-corrected chi connectivity index (χ3v) is 9.10. The van der Waals surface area contributed by atoms with E-state index in [1.807, 2.05) is 0 Å². The molecule has 146 valence electrons. The van der Waals surface area contributed by atoms with Crippen molar-refractivity contribution in [1.82, 2.24) is 0 Å². The highest BCUT2D eigenvalue weighted by molar-refractivity contribution is 6.16. The highest BCUT2D eigenvalue weighted by Crippen LogP contribution is 2.54. The third kappa shape index (κ3) is 2.47. The summed E-state index contributed by atoms with van der Waals surface area (Å²) in [5, 5.41) is 0. The van der Waals surface area contributed by atoms with E-state index in [1.54, 1.807) is 4.90 Å². The van der Waals surface area contributed by atoms with Gasteiger partial charge in [0.2, 0.25) is 0 Å². The molecule has 0 aromatic rings. The van der Waals surface area contributed by atoms with Crippen LogP contribution in [-0.4, -0.2) is 56.6 Å². The van der Waals surface area contributed by atoms with E-state index in [2.05, 4.69) is 0 Å². The van der Waals surface area contributed by atoms with E-state index in [0.29, 0.717) is 50.0 Å². The van der Waals surface area contributed by atoms with E-state index < -0.39 is 0 Å². The van der Waals surface area contributed by atoms with Crippen LogP contribution in [-0.2, 0) is 18.9 Å². The van der Waals surface area contributed by atoms with Gasteiger partial charge in [0, 0.05) is 11.8 Å². The van der Waals surface area contributed by atoms with Crippen molar-refractivity contribution >= 4 is 11.6 Å². The fraction of sp³-hybridized carbons (Fsp3) is 1.00. The monoisotopic (exact) mass is 384 g/mol. The third-order valence-electron chi connectivity index (χ3n) is 8.76. The lowest BCUT2D eigenvalue weighted by Gasteiger charge is -2.40. The van der Waals surface area contributed by atoms with Crippen molar-refractivity contribution in [1.29, 1.82) is 0 Å². The van der Waals surface area contributed by atoms with Gasteiger partial charge in [-0.15, -0.1) is 0 Å². The highest BCUT2D eigenvalue weighted by Gasteiger charge is 2.61. The average molecular weight is 385 g/mol. The molecule has 3 aliphatic carbocycles. The molecule has 0 spiro atoms. The van der Waals surface area contributed by atoms with Crippen LogP contribution in [0.1, 0.15) is 38.5 Å². The molecule has 0 amide bonds. The molecule has 3 heterocycles. The molecule has 6 aliphatic rings. The number of ether oxygens (including phenoxy) is 4. The Hall–Kier alpha value is 0.0900. The largest absolute Gasteiger partial charge is 0.349 e. The SMILES string of the molecule is ClC[NH+]1CCC2CC3OCOC3CC2C2CC3CCC4OCOC4C3C21. The summed E-state index contributed by atoms with van der Waals surface area (Å²) in [5.74, 6) is 3.74. The van der Waals surface area contributed by atoms with Gasteiger partial charge in [-0.1, -0.05) is 11.6 Å². The Labute approximate surface area is 160 Å². The molecule has 6 fully saturated rings. The highest BCUT2D eigenvalue weighted by atomic mass is 35.5. The number of alkyl halides is 1. The first kappa shape index (κ1) is 17.0. The number of hydrogen-bond acceptors (Lipinski definition) is 4. The Kier molecular flexibility index (Phi) is 4.29. The summed E-state index contributed by atoms with van der Waals surface area (Å²) in [4.78, 5) is 1.61. The number of nitrogens with one attached hydrogen (secondary N) is 1. The Morgan fingerprint density at radius 1 is 0.769 bits per heavy atom. The van der Waals surface area contributed by atoms with Gasteiger partial charge in [0.1, 0.15) is 13.6 Å². The molecule has 0 aromatic heterocycles. The minimum absolute atomic E-state index is 0.306. The fourth-order valence-electron chi connectivity index (χ4n) is 7.78. The summed E-state index contributed by atoms with van der Waals surface area (Å²) in [5.41, 5.74) is 0. The van der Waals surface area contributed by atoms with Crippen LogP contribution < -0.4 is 4.90 Å². The maximum Gasteiger partial charge on any atom is 0.153 e. The first-order valence-corrected chi connectivity index (χ1v) is 11.2. The predicted molar refractivity (Wildman–Crippen MR) is 94.7 cm³/mol. The molecule has 0 radical (unpaired) electrons. The second-order valence-corrected chi connectivity index (χ2v) is 9.82. The number of rotatable bonds is 1. The Morgan fingerprint density at radius 2 is 1.58 bits per heavy atom. The molecule has 0 aromatic carbocycles. The number of likely N-dealkylation sites (tertiary alicyclic amines) is 1. The zero-order valence-corrected chi connectivity index (χ0v) is 16.1. The van der Waals surface area contributed by atoms with Crippen LogP contribution in [0.25, 0.3) is 0 Å². The van der Waals surface area contributed by atoms with Crippen LogP contribution in [0.3, 0.4) is 0 Å². The molecule has 11 unspecified atom stereocenters. The lowest BCUT2D eigenvalue weighted by atomic mass is 9.68. The topological polar surface area (TPSA) is 41.4 Å². The van der Waals surface area contributed by atoms with E-state index in [1.165, 1.54) is 45.1 Å². The summed E-state index contributed by atoms with van der Waals surface area (Å²) in [6.45, 7) is 2.20. The van der Waals surface area contributed by atoms with Gasteiger partial charge in [0.15, 0.2) is 6.00 Å². The van der Waals surface area contributed by atoms with Gasteiger partial charge in [0.05, 0.1) is 37.0 Å². The lowest BCUT2D eigenvalue weighted by molar-refractivity contribution is -0.921. The van der Waals surface area contributed by atoms with E-state index in [-0.39, 0.29) is 0 Å². The molecule has 3 saturated heterocycles. The number of quaternary nitrogens is 1. The second-order valence-electron chi connectivity index (χ2n) is 9.55. The first-order valence-electron chi connectivity index (χ1n) is 10.7. The predicted octanol–water partition coefficient (Wildman–Crippen LogP) is 1.40.